The third-order valence-electron chi connectivity index (χ3n) is 2.99. The number of carbonyl (C=O) groups is 1. The van der Waals surface area contributed by atoms with E-state index in [1.165, 1.54) is 0 Å². The smallest absolute Gasteiger partial charge is 0.335 e. The van der Waals surface area contributed by atoms with Crippen LogP contribution in [-0.2, 0) is 0 Å². The molecule has 1 aromatic carbocycles. The zero-order valence-electron chi connectivity index (χ0n) is 11.9. The van der Waals surface area contributed by atoms with E-state index < -0.39 is 34.3 Å². The second kappa shape index (κ2) is 7.02. The van der Waals surface area contributed by atoms with Crippen LogP contribution in [0.3, 0.4) is 0 Å². The highest BCUT2D eigenvalue weighted by atomic mass is 19.1. The highest BCUT2D eigenvalue weighted by Crippen LogP contribution is 2.25. The Morgan fingerprint density at radius 1 is 1.33 bits per heavy atom. The number of carboxylic acids is 1. The molecule has 0 atom stereocenters. The first-order valence-corrected chi connectivity index (χ1v) is 6.53. The lowest BCUT2D eigenvalue weighted by Gasteiger charge is -2.14. The van der Waals surface area contributed by atoms with Crippen molar-refractivity contribution in [2.75, 3.05) is 6.61 Å². The third-order valence-corrected chi connectivity index (χ3v) is 2.99. The van der Waals surface area contributed by atoms with Crippen molar-refractivity contribution in [1.29, 1.82) is 5.26 Å². The third kappa shape index (κ3) is 5.03. The van der Waals surface area contributed by atoms with Crippen molar-refractivity contribution in [3.05, 3.63) is 29.3 Å². The number of nitriles is 1. The Balaban J connectivity index is 2.54. The van der Waals surface area contributed by atoms with E-state index in [0.29, 0.717) is 19.3 Å². The average molecular weight is 297 g/mol. The maximum atomic E-state index is 13.6. The molecule has 1 N–H and O–H groups in total. The lowest BCUT2D eigenvalue weighted by atomic mass is 9.89. The number of benzene rings is 1. The van der Waals surface area contributed by atoms with Gasteiger partial charge in [-0.3, -0.25) is 0 Å². The lowest BCUT2D eigenvalue weighted by molar-refractivity contribution is 0.0695. The zero-order valence-corrected chi connectivity index (χ0v) is 11.9. The Kier molecular flexibility index (Phi) is 5.65. The Hall–Kier alpha value is -2.16. The van der Waals surface area contributed by atoms with Crippen LogP contribution in [0.25, 0.3) is 0 Å². The molecule has 0 unspecified atom stereocenters. The minimum Gasteiger partial charge on any atom is -0.488 e. The van der Waals surface area contributed by atoms with Crippen LogP contribution in [0.15, 0.2) is 12.1 Å². The van der Waals surface area contributed by atoms with E-state index in [1.54, 1.807) is 0 Å². The quantitative estimate of drug-likeness (QED) is 0.778. The summed E-state index contributed by atoms with van der Waals surface area (Å²) in [7, 11) is 0. The van der Waals surface area contributed by atoms with Crippen LogP contribution in [-0.4, -0.2) is 17.7 Å². The van der Waals surface area contributed by atoms with E-state index in [-0.39, 0.29) is 6.61 Å². The zero-order chi connectivity index (χ0) is 16.0. The fourth-order valence-corrected chi connectivity index (χ4v) is 1.72. The Morgan fingerprint density at radius 2 is 1.90 bits per heavy atom. The molecule has 0 heterocycles. The first kappa shape index (κ1) is 16.9. The van der Waals surface area contributed by atoms with E-state index in [1.807, 2.05) is 13.8 Å². The number of aromatic carboxylic acids is 1. The van der Waals surface area contributed by atoms with Crippen LogP contribution >= 0.6 is 0 Å². The van der Waals surface area contributed by atoms with Crippen LogP contribution in [0.2, 0.25) is 0 Å². The van der Waals surface area contributed by atoms with Gasteiger partial charge in [-0.25, -0.2) is 13.6 Å². The molecule has 0 aromatic heterocycles. The number of rotatable bonds is 7. The number of carboxylic acid groups (broad SMARTS) is 1. The molecule has 4 nitrogen and oxygen atoms in total. The maximum absolute atomic E-state index is 13.6. The highest BCUT2D eigenvalue weighted by Gasteiger charge is 2.17. The Bertz CT molecular complexity index is 542. The normalized spacial score (nSPS) is 11.0. The van der Waals surface area contributed by atoms with E-state index in [2.05, 4.69) is 6.07 Å². The molecular weight excluding hydrogens is 280 g/mol. The predicted molar refractivity (Wildman–Crippen MR) is 72.1 cm³/mol. The number of unbranched alkanes of at least 4 members (excludes halogenated alkanes) is 1. The number of hydrogen-bond donors (Lipinski definition) is 1. The minimum absolute atomic E-state index is 0.0990. The van der Waals surface area contributed by atoms with Crippen LogP contribution in [0, 0.1) is 28.4 Å². The lowest BCUT2D eigenvalue weighted by Crippen LogP contribution is -2.09. The van der Waals surface area contributed by atoms with Gasteiger partial charge < -0.3 is 9.84 Å². The second-order valence-corrected chi connectivity index (χ2v) is 5.38. The largest absolute Gasteiger partial charge is 0.488 e. The first-order valence-electron chi connectivity index (χ1n) is 6.53. The molecule has 0 spiro atoms. The molecule has 0 aliphatic rings. The summed E-state index contributed by atoms with van der Waals surface area (Å²) in [4.78, 5) is 10.6. The predicted octanol–water partition coefficient (Wildman–Crippen LogP) is 3.76. The molecule has 114 valence electrons. The van der Waals surface area contributed by atoms with E-state index in [9.17, 15) is 13.6 Å². The van der Waals surface area contributed by atoms with Gasteiger partial charge in [0.2, 0.25) is 0 Å². The van der Waals surface area contributed by atoms with Crippen LogP contribution in [0.4, 0.5) is 8.78 Å². The van der Waals surface area contributed by atoms with Gasteiger partial charge in [-0.05, 0) is 45.2 Å². The van der Waals surface area contributed by atoms with Crippen LogP contribution < -0.4 is 4.74 Å². The minimum atomic E-state index is -1.40. The van der Waals surface area contributed by atoms with Crippen molar-refractivity contribution in [2.45, 2.75) is 33.1 Å². The van der Waals surface area contributed by atoms with Gasteiger partial charge in [0.05, 0.1) is 23.7 Å². The van der Waals surface area contributed by atoms with E-state index in [0.717, 1.165) is 12.1 Å². The average Bonchev–Trinajstić information content (AvgIpc) is 2.40. The fraction of sp³-hybridized carbons (Fsp3) is 0.467. The molecule has 21 heavy (non-hydrogen) atoms. The summed E-state index contributed by atoms with van der Waals surface area (Å²) in [6, 6.07) is 3.61. The van der Waals surface area contributed by atoms with Crippen LogP contribution in [0.5, 0.6) is 5.75 Å². The molecule has 0 aliphatic heterocycles. The molecule has 0 saturated heterocycles. The molecule has 1 aromatic rings. The van der Waals surface area contributed by atoms with Gasteiger partial charge >= 0.3 is 5.97 Å². The van der Waals surface area contributed by atoms with Gasteiger partial charge in [-0.15, -0.1) is 0 Å². The van der Waals surface area contributed by atoms with Gasteiger partial charge in [0, 0.05) is 0 Å². The summed E-state index contributed by atoms with van der Waals surface area (Å²) >= 11 is 0. The summed E-state index contributed by atoms with van der Waals surface area (Å²) in [5.74, 6) is -4.05. The maximum Gasteiger partial charge on any atom is 0.335 e. The van der Waals surface area contributed by atoms with Gasteiger partial charge in [0.25, 0.3) is 0 Å². The Morgan fingerprint density at radius 3 is 2.38 bits per heavy atom. The molecule has 1 rings (SSSR count). The van der Waals surface area contributed by atoms with Crippen molar-refractivity contribution in [3.8, 4) is 11.8 Å². The van der Waals surface area contributed by atoms with Gasteiger partial charge in [-0.1, -0.05) is 0 Å². The Labute approximate surface area is 122 Å². The molecule has 0 radical (unpaired) electrons. The van der Waals surface area contributed by atoms with Gasteiger partial charge in [0.15, 0.2) is 17.4 Å². The monoisotopic (exact) mass is 297 g/mol. The van der Waals surface area contributed by atoms with Crippen molar-refractivity contribution >= 4 is 5.97 Å². The molecule has 0 bridgehead atoms. The van der Waals surface area contributed by atoms with Crippen molar-refractivity contribution in [3.63, 3.8) is 0 Å². The molecule has 0 saturated carbocycles. The number of nitrogens with zero attached hydrogens (tertiary/aromatic N) is 1. The topological polar surface area (TPSA) is 70.3 Å². The molecule has 0 aliphatic carbocycles. The summed E-state index contributed by atoms with van der Waals surface area (Å²) in [5.41, 5.74) is -0.896. The van der Waals surface area contributed by atoms with Crippen molar-refractivity contribution < 1.29 is 23.4 Å². The summed E-state index contributed by atoms with van der Waals surface area (Å²) < 4.78 is 32.1. The fourth-order valence-electron chi connectivity index (χ4n) is 1.72. The molecular formula is C15H17F2NO3. The van der Waals surface area contributed by atoms with Crippen molar-refractivity contribution in [2.24, 2.45) is 5.41 Å². The SMILES string of the molecule is CC(C)(C#N)CCCCOc1c(F)cc(C(=O)O)cc1F. The number of ether oxygens (including phenoxy) is 1. The van der Waals surface area contributed by atoms with Gasteiger partial charge in [0.1, 0.15) is 0 Å². The summed E-state index contributed by atoms with van der Waals surface area (Å²) in [6.45, 7) is 3.73. The van der Waals surface area contributed by atoms with Gasteiger partial charge in [-0.2, -0.15) is 5.26 Å². The first-order chi connectivity index (χ1) is 9.76. The standard InChI is InChI=1S/C15H17F2NO3/c1-15(2,9-18)5-3-4-6-21-13-11(16)7-10(14(19)20)8-12(13)17/h7-8H,3-6H2,1-2H3,(H,19,20). The van der Waals surface area contributed by atoms with Crippen LogP contribution in [0.1, 0.15) is 43.5 Å². The number of halogens is 2. The summed E-state index contributed by atoms with van der Waals surface area (Å²) in [5, 5.41) is 17.5. The molecule has 0 fully saturated rings. The molecule has 6 heteroatoms. The summed E-state index contributed by atoms with van der Waals surface area (Å²) in [6.07, 6.45) is 1.90. The second-order valence-electron chi connectivity index (χ2n) is 5.38. The molecule has 0 amide bonds. The van der Waals surface area contributed by atoms with E-state index >= 15 is 0 Å². The highest BCUT2D eigenvalue weighted by molar-refractivity contribution is 5.87. The van der Waals surface area contributed by atoms with Crippen molar-refractivity contribution in [1.82, 2.24) is 0 Å². The van der Waals surface area contributed by atoms with E-state index in [4.69, 9.17) is 15.1 Å². The number of hydrogen-bond acceptors (Lipinski definition) is 3.